The zero-order valence-corrected chi connectivity index (χ0v) is 13.0. The molecule has 0 spiro atoms. The number of ether oxygens (including phenoxy) is 1. The van der Waals surface area contributed by atoms with Gasteiger partial charge in [-0.3, -0.25) is 4.79 Å². The summed E-state index contributed by atoms with van der Waals surface area (Å²) in [6.45, 7) is 5.97. The number of amides is 1. The monoisotopic (exact) mass is 316 g/mol. The molecule has 2 atom stereocenters. The van der Waals surface area contributed by atoms with E-state index < -0.39 is 6.10 Å². The number of nitrogens with zero attached hydrogens (tertiary/aromatic N) is 1. The molecule has 1 heterocycles. The molecule has 0 saturated carbocycles. The van der Waals surface area contributed by atoms with E-state index in [-0.39, 0.29) is 5.91 Å². The maximum absolute atomic E-state index is 12.3. The third-order valence-electron chi connectivity index (χ3n) is 3.25. The molecule has 1 aromatic carbocycles. The number of rotatable bonds is 3. The first-order chi connectivity index (χ1) is 9.49. The van der Waals surface area contributed by atoms with Crippen LogP contribution in [0.5, 0.6) is 5.75 Å². The van der Waals surface area contributed by atoms with Crippen LogP contribution in [0.15, 0.2) is 18.2 Å². The number of halogens is 2. The molecule has 4 nitrogen and oxygen atoms in total. The van der Waals surface area contributed by atoms with Gasteiger partial charge in [0.25, 0.3) is 5.91 Å². The summed E-state index contributed by atoms with van der Waals surface area (Å²) in [6.07, 6.45) is -0.587. The summed E-state index contributed by atoms with van der Waals surface area (Å²) in [5, 5.41) is 4.05. The molecule has 1 aliphatic rings. The molecule has 1 saturated heterocycles. The first-order valence-corrected chi connectivity index (χ1v) is 7.37. The fraction of sp³-hybridized carbons (Fsp3) is 0.500. The van der Waals surface area contributed by atoms with Crippen LogP contribution in [0.4, 0.5) is 0 Å². The van der Waals surface area contributed by atoms with E-state index in [2.05, 4.69) is 12.2 Å². The van der Waals surface area contributed by atoms with Gasteiger partial charge in [-0.15, -0.1) is 0 Å². The van der Waals surface area contributed by atoms with Crippen molar-refractivity contribution in [1.82, 2.24) is 10.2 Å². The lowest BCUT2D eigenvalue weighted by molar-refractivity contribution is -0.139. The Balaban J connectivity index is 2.02. The van der Waals surface area contributed by atoms with Gasteiger partial charge >= 0.3 is 0 Å². The van der Waals surface area contributed by atoms with Gasteiger partial charge in [0.1, 0.15) is 10.8 Å². The number of benzene rings is 1. The topological polar surface area (TPSA) is 41.6 Å². The molecule has 2 rings (SSSR count). The number of piperazine rings is 1. The van der Waals surface area contributed by atoms with Gasteiger partial charge in [-0.2, -0.15) is 0 Å². The van der Waals surface area contributed by atoms with Crippen molar-refractivity contribution in [3.05, 3.63) is 28.2 Å². The lowest BCUT2D eigenvalue weighted by Crippen LogP contribution is -2.54. The lowest BCUT2D eigenvalue weighted by atomic mass is 10.2. The van der Waals surface area contributed by atoms with Crippen LogP contribution in [0.2, 0.25) is 10.0 Å². The predicted molar refractivity (Wildman–Crippen MR) is 80.6 cm³/mol. The second-order valence-corrected chi connectivity index (χ2v) is 5.74. The zero-order valence-electron chi connectivity index (χ0n) is 11.5. The Morgan fingerprint density at radius 1 is 1.50 bits per heavy atom. The highest BCUT2D eigenvalue weighted by Gasteiger charge is 2.26. The first kappa shape index (κ1) is 15.4. The van der Waals surface area contributed by atoms with Gasteiger partial charge in [0.2, 0.25) is 0 Å². The van der Waals surface area contributed by atoms with Crippen molar-refractivity contribution >= 4 is 29.1 Å². The van der Waals surface area contributed by atoms with Crippen molar-refractivity contribution in [2.45, 2.75) is 26.0 Å². The van der Waals surface area contributed by atoms with Gasteiger partial charge in [-0.25, -0.2) is 0 Å². The maximum atomic E-state index is 12.3. The number of carbonyl (C=O) groups excluding carboxylic acids is 1. The van der Waals surface area contributed by atoms with Gasteiger partial charge < -0.3 is 15.0 Å². The lowest BCUT2D eigenvalue weighted by Gasteiger charge is -2.33. The first-order valence-electron chi connectivity index (χ1n) is 6.62. The highest BCUT2D eigenvalue weighted by atomic mass is 35.5. The van der Waals surface area contributed by atoms with E-state index in [1.807, 2.05) is 4.90 Å². The molecule has 2 unspecified atom stereocenters. The minimum Gasteiger partial charge on any atom is -0.479 e. The summed E-state index contributed by atoms with van der Waals surface area (Å²) in [5.41, 5.74) is 0. The van der Waals surface area contributed by atoms with Crippen molar-refractivity contribution in [3.63, 3.8) is 0 Å². The third-order valence-corrected chi connectivity index (χ3v) is 4.05. The molecular weight excluding hydrogens is 299 g/mol. The van der Waals surface area contributed by atoms with Gasteiger partial charge in [0.15, 0.2) is 6.10 Å². The summed E-state index contributed by atoms with van der Waals surface area (Å²) in [4.78, 5) is 14.2. The fourth-order valence-corrected chi connectivity index (χ4v) is 2.54. The third kappa shape index (κ3) is 3.57. The molecule has 110 valence electrons. The van der Waals surface area contributed by atoms with Crippen molar-refractivity contribution in [2.24, 2.45) is 0 Å². The van der Waals surface area contributed by atoms with Crippen LogP contribution in [-0.2, 0) is 4.79 Å². The molecule has 1 amide bonds. The maximum Gasteiger partial charge on any atom is 0.263 e. The zero-order chi connectivity index (χ0) is 14.7. The molecule has 1 fully saturated rings. The van der Waals surface area contributed by atoms with E-state index in [1.54, 1.807) is 25.1 Å². The Labute approximate surface area is 129 Å². The van der Waals surface area contributed by atoms with Crippen LogP contribution >= 0.6 is 23.2 Å². The predicted octanol–water partition coefficient (Wildman–Crippen LogP) is 2.58. The fourth-order valence-electron chi connectivity index (χ4n) is 2.21. The number of hydrogen-bond donors (Lipinski definition) is 1. The Morgan fingerprint density at radius 2 is 2.25 bits per heavy atom. The highest BCUT2D eigenvalue weighted by Crippen LogP contribution is 2.32. The minimum absolute atomic E-state index is 0.0330. The number of nitrogens with one attached hydrogen (secondary N) is 1. The molecule has 0 aliphatic carbocycles. The summed E-state index contributed by atoms with van der Waals surface area (Å²) >= 11 is 12.0. The van der Waals surface area contributed by atoms with E-state index in [4.69, 9.17) is 27.9 Å². The van der Waals surface area contributed by atoms with Crippen LogP contribution in [0, 0.1) is 0 Å². The highest BCUT2D eigenvalue weighted by molar-refractivity contribution is 6.42. The molecular formula is C14H18Cl2N2O2. The van der Waals surface area contributed by atoms with Gasteiger partial charge in [0, 0.05) is 25.7 Å². The van der Waals surface area contributed by atoms with Crippen LogP contribution < -0.4 is 10.1 Å². The number of hydrogen-bond acceptors (Lipinski definition) is 3. The average Bonchev–Trinajstić information content (AvgIpc) is 2.43. The van der Waals surface area contributed by atoms with Gasteiger partial charge in [0.05, 0.1) is 5.02 Å². The SMILES string of the molecule is CC1CN(C(=O)C(C)Oc2cccc(Cl)c2Cl)CCN1. The number of carbonyl (C=O) groups is 1. The Bertz CT molecular complexity index is 496. The van der Waals surface area contributed by atoms with E-state index >= 15 is 0 Å². The van der Waals surface area contributed by atoms with Crippen LogP contribution in [-0.4, -0.2) is 42.6 Å². The normalized spacial score (nSPS) is 20.6. The largest absolute Gasteiger partial charge is 0.479 e. The van der Waals surface area contributed by atoms with Crippen molar-refractivity contribution in [2.75, 3.05) is 19.6 Å². The Morgan fingerprint density at radius 3 is 2.95 bits per heavy atom. The Hall–Kier alpha value is -0.970. The summed E-state index contributed by atoms with van der Waals surface area (Å²) in [6, 6.07) is 5.43. The summed E-state index contributed by atoms with van der Waals surface area (Å²) < 4.78 is 5.65. The molecule has 0 bridgehead atoms. The van der Waals surface area contributed by atoms with E-state index in [9.17, 15) is 4.79 Å². The molecule has 0 radical (unpaired) electrons. The van der Waals surface area contributed by atoms with Gasteiger partial charge in [-0.1, -0.05) is 29.3 Å². The molecule has 20 heavy (non-hydrogen) atoms. The molecule has 1 aliphatic heterocycles. The second kappa shape index (κ2) is 6.66. The van der Waals surface area contributed by atoms with Crippen LogP contribution in [0.3, 0.4) is 0 Å². The van der Waals surface area contributed by atoms with Crippen LogP contribution in [0.25, 0.3) is 0 Å². The van der Waals surface area contributed by atoms with Crippen molar-refractivity contribution in [3.8, 4) is 5.75 Å². The standard InChI is InChI=1S/C14H18Cl2N2O2/c1-9-8-18(7-6-17-9)14(19)10(2)20-12-5-3-4-11(15)13(12)16/h3-5,9-10,17H,6-8H2,1-2H3. The van der Waals surface area contributed by atoms with Crippen LogP contribution in [0.1, 0.15) is 13.8 Å². The Kier molecular flexibility index (Phi) is 5.13. The minimum atomic E-state index is -0.587. The van der Waals surface area contributed by atoms with Gasteiger partial charge in [-0.05, 0) is 26.0 Å². The second-order valence-electron chi connectivity index (χ2n) is 4.95. The molecule has 1 aromatic rings. The molecule has 1 N–H and O–H groups in total. The molecule has 6 heteroatoms. The van der Waals surface area contributed by atoms with E-state index in [0.717, 1.165) is 6.54 Å². The van der Waals surface area contributed by atoms with Crippen molar-refractivity contribution < 1.29 is 9.53 Å². The van der Waals surface area contributed by atoms with E-state index in [1.165, 1.54) is 0 Å². The smallest absolute Gasteiger partial charge is 0.263 e. The molecule has 0 aromatic heterocycles. The quantitative estimate of drug-likeness (QED) is 0.932. The van der Waals surface area contributed by atoms with E-state index in [0.29, 0.717) is 34.9 Å². The average molecular weight is 317 g/mol. The van der Waals surface area contributed by atoms with Crippen molar-refractivity contribution in [1.29, 1.82) is 0 Å². The summed E-state index contributed by atoms with van der Waals surface area (Å²) in [5.74, 6) is 0.401. The summed E-state index contributed by atoms with van der Waals surface area (Å²) in [7, 11) is 0.